The van der Waals surface area contributed by atoms with E-state index in [-0.39, 0.29) is 0 Å². The number of aromatic nitrogens is 1. The zero-order valence-corrected chi connectivity index (χ0v) is 8.29. The highest BCUT2D eigenvalue weighted by molar-refractivity contribution is 7.78. The maximum atomic E-state index is 4.54. The maximum Gasteiger partial charge on any atom is 0.0749 e. The molecule has 0 fully saturated rings. The minimum Gasteiger partial charge on any atom is -0.264 e. The first-order chi connectivity index (χ1) is 6.92. The van der Waals surface area contributed by atoms with Gasteiger partial charge < -0.3 is 0 Å². The lowest BCUT2D eigenvalue weighted by Crippen LogP contribution is -1.84. The molecule has 0 spiro atoms. The van der Waals surface area contributed by atoms with Crippen LogP contribution in [0, 0.1) is 0 Å². The van der Waals surface area contributed by atoms with Crippen molar-refractivity contribution in [3.63, 3.8) is 0 Å². The van der Waals surface area contributed by atoms with Crippen LogP contribution in [0.3, 0.4) is 0 Å². The van der Waals surface area contributed by atoms with Crippen molar-refractivity contribution in [3.8, 4) is 0 Å². The highest BCUT2D eigenvalue weighted by Gasteiger charge is 1.98. The number of aliphatic imine (C=N–C) groups is 1. The quantitative estimate of drug-likeness (QED) is 0.550. The van der Waals surface area contributed by atoms with Gasteiger partial charge in [0.1, 0.15) is 0 Å². The summed E-state index contributed by atoms with van der Waals surface area (Å²) < 4.78 is 0. The van der Waals surface area contributed by atoms with Gasteiger partial charge in [-0.1, -0.05) is 18.2 Å². The van der Waals surface area contributed by atoms with Crippen molar-refractivity contribution in [2.75, 3.05) is 0 Å². The zero-order chi connectivity index (χ0) is 9.80. The Hall–Kier alpha value is -1.57. The fourth-order valence-corrected chi connectivity index (χ4v) is 1.51. The van der Waals surface area contributed by atoms with Gasteiger partial charge in [-0.25, -0.2) is 4.99 Å². The van der Waals surface area contributed by atoms with Crippen LogP contribution < -0.4 is 0 Å². The average molecular weight is 200 g/mol. The second-order valence-corrected chi connectivity index (χ2v) is 3.10. The molecule has 14 heavy (non-hydrogen) atoms. The standard InChI is InChI=1S/C11H8N2S/c14-8-13-7-10-3-1-2-9-6-12-5-4-11(9)10/h1-6H,7H2. The Kier molecular flexibility index (Phi) is 2.63. The summed E-state index contributed by atoms with van der Waals surface area (Å²) in [7, 11) is 0. The summed E-state index contributed by atoms with van der Waals surface area (Å²) in [5, 5.41) is 4.68. The lowest BCUT2D eigenvalue weighted by Gasteiger charge is -2.01. The lowest BCUT2D eigenvalue weighted by atomic mass is 10.1. The molecule has 1 heterocycles. The van der Waals surface area contributed by atoms with Gasteiger partial charge in [-0.3, -0.25) is 4.98 Å². The molecular weight excluding hydrogens is 192 g/mol. The fraction of sp³-hybridized carbons (Fsp3) is 0.0909. The van der Waals surface area contributed by atoms with Crippen LogP contribution in [0.5, 0.6) is 0 Å². The first-order valence-electron chi connectivity index (χ1n) is 4.27. The Balaban J connectivity index is 2.58. The predicted octanol–water partition coefficient (Wildman–Crippen LogP) is 2.84. The van der Waals surface area contributed by atoms with Gasteiger partial charge in [0.05, 0.1) is 11.7 Å². The van der Waals surface area contributed by atoms with Crippen molar-refractivity contribution >= 4 is 28.2 Å². The summed E-state index contributed by atoms with van der Waals surface area (Å²) in [6.45, 7) is 0.588. The van der Waals surface area contributed by atoms with Crippen molar-refractivity contribution < 1.29 is 0 Å². The summed E-state index contributed by atoms with van der Waals surface area (Å²) in [5.74, 6) is 0. The fourth-order valence-electron chi connectivity index (χ4n) is 1.44. The smallest absolute Gasteiger partial charge is 0.0749 e. The Labute approximate surface area is 87.3 Å². The highest BCUT2D eigenvalue weighted by Crippen LogP contribution is 2.17. The van der Waals surface area contributed by atoms with Crippen molar-refractivity contribution in [1.82, 2.24) is 4.98 Å². The van der Waals surface area contributed by atoms with Gasteiger partial charge in [0.15, 0.2) is 0 Å². The number of nitrogens with zero attached hydrogens (tertiary/aromatic N) is 2. The summed E-state index contributed by atoms with van der Waals surface area (Å²) in [6.07, 6.45) is 3.63. The number of hydrogen-bond donors (Lipinski definition) is 0. The van der Waals surface area contributed by atoms with Crippen LogP contribution in [0.1, 0.15) is 5.56 Å². The van der Waals surface area contributed by atoms with Crippen LogP contribution in [0.25, 0.3) is 10.8 Å². The first-order valence-corrected chi connectivity index (χ1v) is 4.68. The summed E-state index contributed by atoms with van der Waals surface area (Å²) in [4.78, 5) is 8.00. The van der Waals surface area contributed by atoms with Gasteiger partial charge in [-0.15, -0.1) is 0 Å². The van der Waals surface area contributed by atoms with E-state index >= 15 is 0 Å². The van der Waals surface area contributed by atoms with Crippen LogP contribution in [0.4, 0.5) is 0 Å². The monoisotopic (exact) mass is 200 g/mol. The van der Waals surface area contributed by atoms with E-state index in [9.17, 15) is 0 Å². The topological polar surface area (TPSA) is 25.2 Å². The lowest BCUT2D eigenvalue weighted by molar-refractivity contribution is 1.10. The van der Waals surface area contributed by atoms with Gasteiger partial charge in [0.2, 0.25) is 0 Å². The molecule has 0 N–H and O–H groups in total. The van der Waals surface area contributed by atoms with E-state index in [1.807, 2.05) is 30.5 Å². The van der Waals surface area contributed by atoms with E-state index in [0.717, 1.165) is 10.9 Å². The van der Waals surface area contributed by atoms with Gasteiger partial charge >= 0.3 is 0 Å². The second-order valence-electron chi connectivity index (χ2n) is 2.92. The number of isothiocyanates is 1. The van der Waals surface area contributed by atoms with Crippen molar-refractivity contribution in [2.45, 2.75) is 6.54 Å². The number of thiocarbonyl (C=S) groups is 1. The Morgan fingerprint density at radius 2 is 2.29 bits per heavy atom. The first kappa shape index (κ1) is 9.00. The normalized spacial score (nSPS) is 9.71. The van der Waals surface area contributed by atoms with Crippen LogP contribution in [-0.2, 0) is 6.54 Å². The summed E-state index contributed by atoms with van der Waals surface area (Å²) >= 11 is 4.54. The van der Waals surface area contributed by atoms with Gasteiger partial charge in [-0.2, -0.15) is 0 Å². The molecule has 0 aliphatic heterocycles. The highest BCUT2D eigenvalue weighted by atomic mass is 32.1. The number of fused-ring (bicyclic) bond motifs is 1. The molecule has 0 amide bonds. The summed E-state index contributed by atoms with van der Waals surface area (Å²) in [6, 6.07) is 8.06. The maximum absolute atomic E-state index is 4.54. The van der Waals surface area contributed by atoms with Crippen LogP contribution in [0.15, 0.2) is 41.7 Å². The molecule has 0 unspecified atom stereocenters. The summed E-state index contributed by atoms with van der Waals surface area (Å²) in [5.41, 5.74) is 1.15. The van der Waals surface area contributed by atoms with Crippen molar-refractivity contribution in [3.05, 3.63) is 42.2 Å². The molecule has 0 bridgehead atoms. The number of benzene rings is 1. The van der Waals surface area contributed by atoms with E-state index in [1.165, 1.54) is 5.39 Å². The third kappa shape index (κ3) is 1.69. The van der Waals surface area contributed by atoms with E-state index in [2.05, 4.69) is 27.4 Å². The molecular formula is C11H8N2S. The van der Waals surface area contributed by atoms with E-state index in [4.69, 9.17) is 0 Å². The van der Waals surface area contributed by atoms with E-state index < -0.39 is 0 Å². The third-order valence-electron chi connectivity index (χ3n) is 2.08. The third-order valence-corrected chi connectivity index (χ3v) is 2.21. The van der Waals surface area contributed by atoms with Crippen LogP contribution >= 0.6 is 12.2 Å². The van der Waals surface area contributed by atoms with Crippen LogP contribution in [0.2, 0.25) is 0 Å². The number of pyridine rings is 1. The Morgan fingerprint density at radius 1 is 1.36 bits per heavy atom. The molecule has 3 heteroatoms. The van der Waals surface area contributed by atoms with Gasteiger partial charge in [0.25, 0.3) is 0 Å². The molecule has 1 aromatic carbocycles. The van der Waals surface area contributed by atoms with Crippen molar-refractivity contribution in [2.24, 2.45) is 4.99 Å². The van der Waals surface area contributed by atoms with Gasteiger partial charge in [0, 0.05) is 17.8 Å². The molecule has 0 saturated carbocycles. The number of hydrogen-bond acceptors (Lipinski definition) is 3. The molecule has 0 saturated heterocycles. The largest absolute Gasteiger partial charge is 0.264 e. The predicted molar refractivity (Wildman–Crippen MR) is 60.5 cm³/mol. The molecule has 1 aromatic heterocycles. The minimum atomic E-state index is 0.588. The van der Waals surface area contributed by atoms with E-state index in [0.29, 0.717) is 6.54 Å². The zero-order valence-electron chi connectivity index (χ0n) is 7.47. The molecule has 0 aliphatic rings. The minimum absolute atomic E-state index is 0.588. The SMILES string of the molecule is S=C=NCc1cccc2cnccc12. The molecule has 0 atom stereocenters. The molecule has 2 nitrogen and oxygen atoms in total. The van der Waals surface area contributed by atoms with Crippen LogP contribution in [-0.4, -0.2) is 10.1 Å². The second kappa shape index (κ2) is 4.09. The Bertz CT molecular complexity index is 496. The van der Waals surface area contributed by atoms with Crippen molar-refractivity contribution in [1.29, 1.82) is 0 Å². The molecule has 2 rings (SSSR count). The molecule has 0 aliphatic carbocycles. The molecule has 0 radical (unpaired) electrons. The van der Waals surface area contributed by atoms with E-state index in [1.54, 1.807) is 6.20 Å². The number of rotatable bonds is 2. The van der Waals surface area contributed by atoms with Gasteiger partial charge in [-0.05, 0) is 29.2 Å². The Morgan fingerprint density at radius 3 is 3.14 bits per heavy atom. The molecule has 2 aromatic rings. The average Bonchev–Trinajstić information content (AvgIpc) is 2.26. The molecule has 68 valence electrons.